The SMILES string of the molecule is CNC(=O)Cn1cc(-c2ccc(C(=O)NCc3nc(C)cc(C)n3)cc2)cn1. The summed E-state index contributed by atoms with van der Waals surface area (Å²) in [5.41, 5.74) is 4.08. The second-order valence-electron chi connectivity index (χ2n) is 6.43. The number of aryl methyl sites for hydroxylation is 2. The average molecular weight is 378 g/mol. The molecule has 2 N–H and O–H groups in total. The Hall–Kier alpha value is -3.55. The molecule has 8 heteroatoms. The van der Waals surface area contributed by atoms with E-state index >= 15 is 0 Å². The first-order chi connectivity index (χ1) is 13.4. The van der Waals surface area contributed by atoms with Crippen LogP contribution >= 0.6 is 0 Å². The van der Waals surface area contributed by atoms with Crippen molar-refractivity contribution in [3.63, 3.8) is 0 Å². The zero-order valence-corrected chi connectivity index (χ0v) is 16.1. The fraction of sp³-hybridized carbons (Fsp3) is 0.250. The number of amides is 2. The molecule has 2 amide bonds. The van der Waals surface area contributed by atoms with Crippen molar-refractivity contribution in [3.05, 3.63) is 65.5 Å². The molecule has 0 unspecified atom stereocenters. The number of aromatic nitrogens is 4. The first kappa shape index (κ1) is 19.2. The van der Waals surface area contributed by atoms with Crippen LogP contribution in [-0.4, -0.2) is 38.6 Å². The van der Waals surface area contributed by atoms with Gasteiger partial charge in [0.05, 0.1) is 12.7 Å². The van der Waals surface area contributed by atoms with Gasteiger partial charge in [0.15, 0.2) is 0 Å². The average Bonchev–Trinajstić information content (AvgIpc) is 3.14. The third-order valence-corrected chi connectivity index (χ3v) is 4.13. The summed E-state index contributed by atoms with van der Waals surface area (Å²) in [6.45, 7) is 4.23. The van der Waals surface area contributed by atoms with Crippen molar-refractivity contribution in [2.75, 3.05) is 7.05 Å². The Morgan fingerprint density at radius 1 is 1.04 bits per heavy atom. The van der Waals surface area contributed by atoms with Gasteiger partial charge in [0.2, 0.25) is 5.91 Å². The topological polar surface area (TPSA) is 102 Å². The minimum absolute atomic E-state index is 0.116. The predicted octanol–water partition coefficient (Wildman–Crippen LogP) is 1.63. The lowest BCUT2D eigenvalue weighted by atomic mass is 10.1. The van der Waals surface area contributed by atoms with Crippen molar-refractivity contribution >= 4 is 11.8 Å². The van der Waals surface area contributed by atoms with Crippen LogP contribution in [0.1, 0.15) is 27.6 Å². The third kappa shape index (κ3) is 4.79. The summed E-state index contributed by atoms with van der Waals surface area (Å²) < 4.78 is 1.57. The fourth-order valence-electron chi connectivity index (χ4n) is 2.78. The van der Waals surface area contributed by atoms with Gasteiger partial charge in [-0.05, 0) is 37.6 Å². The number of hydrogen-bond acceptors (Lipinski definition) is 5. The van der Waals surface area contributed by atoms with E-state index in [1.54, 1.807) is 36.3 Å². The van der Waals surface area contributed by atoms with Gasteiger partial charge >= 0.3 is 0 Å². The van der Waals surface area contributed by atoms with Gasteiger partial charge in [-0.2, -0.15) is 5.10 Å². The summed E-state index contributed by atoms with van der Waals surface area (Å²) in [5, 5.41) is 9.57. The van der Waals surface area contributed by atoms with Crippen LogP contribution in [0.15, 0.2) is 42.7 Å². The lowest BCUT2D eigenvalue weighted by molar-refractivity contribution is -0.121. The molecule has 0 aliphatic rings. The normalized spacial score (nSPS) is 10.5. The highest BCUT2D eigenvalue weighted by Crippen LogP contribution is 2.19. The second-order valence-corrected chi connectivity index (χ2v) is 6.43. The molecule has 2 heterocycles. The molecule has 0 aliphatic carbocycles. The summed E-state index contributed by atoms with van der Waals surface area (Å²) in [7, 11) is 1.59. The highest BCUT2D eigenvalue weighted by atomic mass is 16.2. The predicted molar refractivity (Wildman–Crippen MR) is 104 cm³/mol. The number of nitrogens with one attached hydrogen (secondary N) is 2. The molecule has 0 spiro atoms. The van der Waals surface area contributed by atoms with Crippen LogP contribution in [0, 0.1) is 13.8 Å². The molecule has 0 saturated carbocycles. The molecule has 0 bridgehead atoms. The Kier molecular flexibility index (Phi) is 5.78. The molecule has 8 nitrogen and oxygen atoms in total. The minimum atomic E-state index is -0.190. The molecule has 1 aromatic carbocycles. The number of hydrogen-bond donors (Lipinski definition) is 2. The van der Waals surface area contributed by atoms with Crippen molar-refractivity contribution in [1.29, 1.82) is 0 Å². The molecule has 28 heavy (non-hydrogen) atoms. The van der Waals surface area contributed by atoms with E-state index in [0.717, 1.165) is 22.5 Å². The Balaban J connectivity index is 1.63. The Labute approximate surface area is 163 Å². The van der Waals surface area contributed by atoms with E-state index < -0.39 is 0 Å². The molecule has 0 aliphatic heterocycles. The molecular weight excluding hydrogens is 356 g/mol. The second kappa shape index (κ2) is 8.43. The van der Waals surface area contributed by atoms with Gasteiger partial charge in [-0.1, -0.05) is 12.1 Å². The molecule has 0 saturated heterocycles. The Bertz CT molecular complexity index is 974. The van der Waals surface area contributed by atoms with Crippen molar-refractivity contribution < 1.29 is 9.59 Å². The highest BCUT2D eigenvalue weighted by Gasteiger charge is 2.09. The first-order valence-corrected chi connectivity index (χ1v) is 8.87. The van der Waals surface area contributed by atoms with Crippen LogP contribution in [0.3, 0.4) is 0 Å². The molecule has 2 aromatic heterocycles. The van der Waals surface area contributed by atoms with Crippen LogP contribution < -0.4 is 10.6 Å². The zero-order chi connectivity index (χ0) is 20.1. The monoisotopic (exact) mass is 378 g/mol. The smallest absolute Gasteiger partial charge is 0.251 e. The summed E-state index contributed by atoms with van der Waals surface area (Å²) in [6, 6.07) is 9.10. The number of likely N-dealkylation sites (N-methyl/N-ethyl adjacent to an activating group) is 1. The van der Waals surface area contributed by atoms with E-state index in [-0.39, 0.29) is 24.9 Å². The molecular formula is C20H22N6O2. The summed E-state index contributed by atoms with van der Waals surface area (Å²) in [5.74, 6) is 0.282. The van der Waals surface area contributed by atoms with Gasteiger partial charge in [-0.25, -0.2) is 9.97 Å². The maximum atomic E-state index is 12.4. The van der Waals surface area contributed by atoms with E-state index in [1.165, 1.54) is 0 Å². The lowest BCUT2D eigenvalue weighted by Crippen LogP contribution is -2.24. The maximum Gasteiger partial charge on any atom is 0.251 e. The summed E-state index contributed by atoms with van der Waals surface area (Å²) in [6.07, 6.45) is 3.48. The van der Waals surface area contributed by atoms with E-state index in [4.69, 9.17) is 0 Å². The number of carbonyl (C=O) groups is 2. The lowest BCUT2D eigenvalue weighted by Gasteiger charge is -2.06. The van der Waals surface area contributed by atoms with E-state index in [1.807, 2.05) is 32.0 Å². The van der Waals surface area contributed by atoms with Crippen LogP contribution in [0.25, 0.3) is 11.1 Å². The van der Waals surface area contributed by atoms with E-state index in [0.29, 0.717) is 11.4 Å². The maximum absolute atomic E-state index is 12.4. The summed E-state index contributed by atoms with van der Waals surface area (Å²) in [4.78, 5) is 32.4. The van der Waals surface area contributed by atoms with Gasteiger partial charge < -0.3 is 10.6 Å². The van der Waals surface area contributed by atoms with Crippen LogP contribution in [0.5, 0.6) is 0 Å². The third-order valence-electron chi connectivity index (χ3n) is 4.13. The molecule has 0 radical (unpaired) electrons. The molecule has 3 aromatic rings. The molecule has 3 rings (SSSR count). The largest absolute Gasteiger partial charge is 0.358 e. The first-order valence-electron chi connectivity index (χ1n) is 8.87. The van der Waals surface area contributed by atoms with Crippen molar-refractivity contribution in [2.45, 2.75) is 26.9 Å². The van der Waals surface area contributed by atoms with E-state index in [9.17, 15) is 9.59 Å². The van der Waals surface area contributed by atoms with Crippen LogP contribution in [0.2, 0.25) is 0 Å². The van der Waals surface area contributed by atoms with Crippen LogP contribution in [0.4, 0.5) is 0 Å². The molecule has 144 valence electrons. The van der Waals surface area contributed by atoms with Crippen LogP contribution in [-0.2, 0) is 17.9 Å². The Morgan fingerprint density at radius 2 is 1.71 bits per heavy atom. The van der Waals surface area contributed by atoms with Gasteiger partial charge in [0.1, 0.15) is 12.4 Å². The fourth-order valence-corrected chi connectivity index (χ4v) is 2.78. The number of benzene rings is 1. The van der Waals surface area contributed by atoms with E-state index in [2.05, 4.69) is 25.7 Å². The van der Waals surface area contributed by atoms with Crippen molar-refractivity contribution in [3.8, 4) is 11.1 Å². The zero-order valence-electron chi connectivity index (χ0n) is 16.1. The number of rotatable bonds is 6. The highest BCUT2D eigenvalue weighted by molar-refractivity contribution is 5.94. The molecule has 0 fully saturated rings. The van der Waals surface area contributed by atoms with Gasteiger partial charge in [0, 0.05) is 35.8 Å². The number of carbonyl (C=O) groups excluding carboxylic acids is 2. The number of nitrogens with zero attached hydrogens (tertiary/aromatic N) is 4. The molecule has 0 atom stereocenters. The van der Waals surface area contributed by atoms with Gasteiger partial charge in [-0.3, -0.25) is 14.3 Å². The van der Waals surface area contributed by atoms with Gasteiger partial charge in [-0.15, -0.1) is 0 Å². The van der Waals surface area contributed by atoms with Crippen molar-refractivity contribution in [1.82, 2.24) is 30.4 Å². The Morgan fingerprint density at radius 3 is 2.36 bits per heavy atom. The van der Waals surface area contributed by atoms with Gasteiger partial charge in [0.25, 0.3) is 5.91 Å². The quantitative estimate of drug-likeness (QED) is 0.679. The summed E-state index contributed by atoms with van der Waals surface area (Å²) >= 11 is 0. The standard InChI is InChI=1S/C20H22N6O2/c1-13-8-14(2)25-18(24-13)10-22-20(28)16-6-4-15(5-7-16)17-9-23-26(11-17)12-19(27)21-3/h4-9,11H,10,12H2,1-3H3,(H,21,27)(H,22,28). The van der Waals surface area contributed by atoms with Crippen molar-refractivity contribution in [2.24, 2.45) is 0 Å². The minimum Gasteiger partial charge on any atom is -0.358 e.